The number of piperazine rings is 1. The molecule has 118 valence electrons. The Hall–Kier alpha value is -1.02. The summed E-state index contributed by atoms with van der Waals surface area (Å²) in [5, 5.41) is 7.65. The number of likely N-dealkylation sites (N-methyl/N-ethyl adjacent to an activating group) is 3. The van der Waals surface area contributed by atoms with Gasteiger partial charge in [-0.2, -0.15) is 4.98 Å². The van der Waals surface area contributed by atoms with Crippen molar-refractivity contribution in [2.24, 2.45) is 0 Å². The molecular formula is C14H25N5O2. The minimum atomic E-state index is 0.165. The molecular weight excluding hydrogens is 270 g/mol. The highest BCUT2D eigenvalue weighted by molar-refractivity contribution is 5.05. The number of ether oxygens (including phenoxy) is 1. The van der Waals surface area contributed by atoms with Crippen molar-refractivity contribution in [1.29, 1.82) is 0 Å². The van der Waals surface area contributed by atoms with E-state index in [0.717, 1.165) is 32.0 Å². The van der Waals surface area contributed by atoms with Crippen LogP contribution >= 0.6 is 0 Å². The van der Waals surface area contributed by atoms with E-state index in [4.69, 9.17) is 9.26 Å². The lowest BCUT2D eigenvalue weighted by molar-refractivity contribution is 0.108. The van der Waals surface area contributed by atoms with Crippen molar-refractivity contribution in [2.45, 2.75) is 24.9 Å². The SMILES string of the molecule is CCNC1COCC1c1nc(C2CN(C)CCN2C)no1. The molecule has 3 rings (SSSR count). The molecule has 21 heavy (non-hydrogen) atoms. The predicted molar refractivity (Wildman–Crippen MR) is 78.2 cm³/mol. The molecule has 0 aromatic carbocycles. The molecule has 3 heterocycles. The zero-order chi connectivity index (χ0) is 14.8. The summed E-state index contributed by atoms with van der Waals surface area (Å²) < 4.78 is 11.1. The van der Waals surface area contributed by atoms with Crippen molar-refractivity contribution in [3.05, 3.63) is 11.7 Å². The summed E-state index contributed by atoms with van der Waals surface area (Å²) in [4.78, 5) is 9.27. The molecule has 0 amide bonds. The fourth-order valence-corrected chi connectivity index (χ4v) is 3.08. The fourth-order valence-electron chi connectivity index (χ4n) is 3.08. The van der Waals surface area contributed by atoms with E-state index in [2.05, 4.69) is 46.3 Å². The highest BCUT2D eigenvalue weighted by atomic mass is 16.5. The van der Waals surface area contributed by atoms with Crippen molar-refractivity contribution in [3.63, 3.8) is 0 Å². The van der Waals surface area contributed by atoms with Gasteiger partial charge in [-0.05, 0) is 20.6 Å². The zero-order valence-corrected chi connectivity index (χ0v) is 13.1. The number of aromatic nitrogens is 2. The molecule has 2 aliphatic rings. The molecule has 0 aliphatic carbocycles. The topological polar surface area (TPSA) is 66.7 Å². The molecule has 0 saturated carbocycles. The normalized spacial score (nSPS) is 31.9. The van der Waals surface area contributed by atoms with Crippen LogP contribution in [0.2, 0.25) is 0 Å². The molecule has 1 aromatic rings. The summed E-state index contributed by atoms with van der Waals surface area (Å²) in [5.74, 6) is 1.66. The van der Waals surface area contributed by atoms with E-state index in [1.165, 1.54) is 0 Å². The molecule has 0 spiro atoms. The van der Waals surface area contributed by atoms with E-state index in [9.17, 15) is 0 Å². The second-order valence-corrected chi connectivity index (χ2v) is 6.06. The maximum absolute atomic E-state index is 5.56. The minimum absolute atomic E-state index is 0.165. The van der Waals surface area contributed by atoms with Crippen molar-refractivity contribution in [2.75, 3.05) is 53.5 Å². The Morgan fingerprint density at radius 3 is 2.95 bits per heavy atom. The maximum Gasteiger partial charge on any atom is 0.233 e. The zero-order valence-electron chi connectivity index (χ0n) is 13.1. The van der Waals surface area contributed by atoms with E-state index >= 15 is 0 Å². The first kappa shape index (κ1) is 14.9. The fraction of sp³-hybridized carbons (Fsp3) is 0.857. The highest BCUT2D eigenvalue weighted by Crippen LogP contribution is 2.27. The van der Waals surface area contributed by atoms with Gasteiger partial charge in [-0.15, -0.1) is 0 Å². The van der Waals surface area contributed by atoms with E-state index in [0.29, 0.717) is 19.1 Å². The van der Waals surface area contributed by atoms with Crippen LogP contribution in [-0.4, -0.2) is 79.5 Å². The van der Waals surface area contributed by atoms with Gasteiger partial charge in [0.15, 0.2) is 5.82 Å². The average Bonchev–Trinajstić information content (AvgIpc) is 3.10. The van der Waals surface area contributed by atoms with Gasteiger partial charge in [0.2, 0.25) is 5.89 Å². The smallest absolute Gasteiger partial charge is 0.233 e. The first-order valence-corrected chi connectivity index (χ1v) is 7.72. The lowest BCUT2D eigenvalue weighted by Gasteiger charge is -2.35. The molecule has 3 atom stereocenters. The van der Waals surface area contributed by atoms with Gasteiger partial charge >= 0.3 is 0 Å². The van der Waals surface area contributed by atoms with Crippen molar-refractivity contribution in [1.82, 2.24) is 25.3 Å². The number of nitrogens with one attached hydrogen (secondary N) is 1. The second kappa shape index (κ2) is 6.39. The summed E-state index contributed by atoms with van der Waals surface area (Å²) in [6.07, 6.45) is 0. The van der Waals surface area contributed by atoms with Crippen LogP contribution in [0.4, 0.5) is 0 Å². The van der Waals surface area contributed by atoms with Crippen LogP contribution in [0.5, 0.6) is 0 Å². The molecule has 7 nitrogen and oxygen atoms in total. The van der Waals surface area contributed by atoms with Gasteiger partial charge < -0.3 is 19.5 Å². The van der Waals surface area contributed by atoms with Gasteiger partial charge in [0.05, 0.1) is 25.2 Å². The van der Waals surface area contributed by atoms with E-state index in [1.54, 1.807) is 0 Å². The van der Waals surface area contributed by atoms with Crippen LogP contribution in [0.1, 0.15) is 30.6 Å². The summed E-state index contributed by atoms with van der Waals surface area (Å²) in [6.45, 7) is 7.42. The molecule has 3 unspecified atom stereocenters. The third kappa shape index (κ3) is 3.11. The Balaban J connectivity index is 1.73. The first-order chi connectivity index (χ1) is 10.2. The molecule has 1 aromatic heterocycles. The number of rotatable bonds is 4. The largest absolute Gasteiger partial charge is 0.379 e. The monoisotopic (exact) mass is 295 g/mol. The molecule has 2 fully saturated rings. The lowest BCUT2D eigenvalue weighted by atomic mass is 10.0. The number of hydrogen-bond acceptors (Lipinski definition) is 7. The average molecular weight is 295 g/mol. The third-order valence-electron chi connectivity index (χ3n) is 4.47. The van der Waals surface area contributed by atoms with Gasteiger partial charge in [0, 0.05) is 25.7 Å². The Labute approximate surface area is 125 Å². The van der Waals surface area contributed by atoms with Crippen LogP contribution in [0, 0.1) is 0 Å². The third-order valence-corrected chi connectivity index (χ3v) is 4.47. The Morgan fingerprint density at radius 2 is 2.14 bits per heavy atom. The highest BCUT2D eigenvalue weighted by Gasteiger charge is 2.35. The summed E-state index contributed by atoms with van der Waals surface area (Å²) >= 11 is 0. The molecule has 2 saturated heterocycles. The van der Waals surface area contributed by atoms with Gasteiger partial charge in [0.25, 0.3) is 0 Å². The first-order valence-electron chi connectivity index (χ1n) is 7.72. The number of nitrogens with zero attached hydrogens (tertiary/aromatic N) is 4. The van der Waals surface area contributed by atoms with Crippen LogP contribution in [0.3, 0.4) is 0 Å². The van der Waals surface area contributed by atoms with E-state index in [1.807, 2.05) is 0 Å². The van der Waals surface area contributed by atoms with Gasteiger partial charge in [-0.1, -0.05) is 12.1 Å². The van der Waals surface area contributed by atoms with Crippen LogP contribution in [-0.2, 0) is 4.74 Å². The molecule has 0 radical (unpaired) electrons. The van der Waals surface area contributed by atoms with Crippen LogP contribution in [0.15, 0.2) is 4.52 Å². The Kier molecular flexibility index (Phi) is 4.54. The van der Waals surface area contributed by atoms with Crippen LogP contribution < -0.4 is 5.32 Å². The summed E-state index contributed by atoms with van der Waals surface area (Å²) in [7, 11) is 4.25. The number of hydrogen-bond donors (Lipinski definition) is 1. The molecule has 1 N–H and O–H groups in total. The minimum Gasteiger partial charge on any atom is -0.379 e. The molecule has 2 aliphatic heterocycles. The lowest BCUT2D eigenvalue weighted by Crippen LogP contribution is -2.45. The van der Waals surface area contributed by atoms with Crippen LogP contribution in [0.25, 0.3) is 0 Å². The molecule has 0 bridgehead atoms. The standard InChI is InChI=1S/C14H25N5O2/c1-4-15-11-9-20-8-10(11)14-16-13(17-21-14)12-7-18(2)5-6-19(12)3/h10-12,15H,4-9H2,1-3H3. The second-order valence-electron chi connectivity index (χ2n) is 6.06. The van der Waals surface area contributed by atoms with E-state index < -0.39 is 0 Å². The van der Waals surface area contributed by atoms with Crippen molar-refractivity contribution >= 4 is 0 Å². The Bertz CT molecular complexity index is 466. The summed E-state index contributed by atoms with van der Waals surface area (Å²) in [6, 6.07) is 0.483. The molecule has 7 heteroatoms. The predicted octanol–water partition coefficient (Wildman–Crippen LogP) is 0.0798. The van der Waals surface area contributed by atoms with Gasteiger partial charge in [0.1, 0.15) is 0 Å². The quantitative estimate of drug-likeness (QED) is 0.843. The summed E-state index contributed by atoms with van der Waals surface area (Å²) in [5.41, 5.74) is 0. The van der Waals surface area contributed by atoms with Crippen molar-refractivity contribution < 1.29 is 9.26 Å². The van der Waals surface area contributed by atoms with Gasteiger partial charge in [-0.3, -0.25) is 4.90 Å². The Morgan fingerprint density at radius 1 is 1.29 bits per heavy atom. The van der Waals surface area contributed by atoms with Gasteiger partial charge in [-0.25, -0.2) is 0 Å². The maximum atomic E-state index is 5.56. The van der Waals surface area contributed by atoms with E-state index in [-0.39, 0.29) is 18.0 Å². The van der Waals surface area contributed by atoms with Crippen molar-refractivity contribution in [3.8, 4) is 0 Å².